The molecule has 7 heteroatoms. The van der Waals surface area contributed by atoms with Crippen molar-refractivity contribution < 1.29 is 23.1 Å². The van der Waals surface area contributed by atoms with Gasteiger partial charge in [-0.3, -0.25) is 4.79 Å². The van der Waals surface area contributed by atoms with Gasteiger partial charge in [-0.25, -0.2) is 8.42 Å². The van der Waals surface area contributed by atoms with Gasteiger partial charge in [0.05, 0.1) is 11.5 Å². The van der Waals surface area contributed by atoms with Crippen LogP contribution in [0.1, 0.15) is 24.8 Å². The molecule has 1 aromatic rings. The van der Waals surface area contributed by atoms with Crippen LogP contribution in [0.3, 0.4) is 0 Å². The van der Waals surface area contributed by atoms with Crippen molar-refractivity contribution in [2.24, 2.45) is 5.92 Å². The summed E-state index contributed by atoms with van der Waals surface area (Å²) in [4.78, 5) is 11.1. The van der Waals surface area contributed by atoms with Gasteiger partial charge in [-0.1, -0.05) is 12.1 Å². The van der Waals surface area contributed by atoms with E-state index in [9.17, 15) is 13.2 Å². The Kier molecular flexibility index (Phi) is 5.55. The first-order valence-electron chi connectivity index (χ1n) is 7.23. The van der Waals surface area contributed by atoms with Crippen LogP contribution in [-0.2, 0) is 26.2 Å². The second-order valence-corrected chi connectivity index (χ2v) is 7.49. The fraction of sp³-hybridized carbons (Fsp3) is 0.533. The van der Waals surface area contributed by atoms with E-state index in [0.717, 1.165) is 12.0 Å². The number of ether oxygens (including phenoxy) is 1. The summed E-state index contributed by atoms with van der Waals surface area (Å²) >= 11 is 0. The van der Waals surface area contributed by atoms with Crippen molar-refractivity contribution in [2.45, 2.75) is 30.8 Å². The zero-order valence-electron chi connectivity index (χ0n) is 12.6. The van der Waals surface area contributed by atoms with Crippen molar-refractivity contribution in [3.63, 3.8) is 0 Å². The molecule has 0 amide bonds. The Bertz CT molecular complexity index is 629. The van der Waals surface area contributed by atoms with Crippen LogP contribution in [0.2, 0.25) is 0 Å². The van der Waals surface area contributed by atoms with Crippen LogP contribution in [0.5, 0.6) is 0 Å². The van der Waals surface area contributed by atoms with Gasteiger partial charge < -0.3 is 9.84 Å². The summed E-state index contributed by atoms with van der Waals surface area (Å²) in [6.07, 6.45) is 1.45. The molecular weight excluding hydrogens is 306 g/mol. The van der Waals surface area contributed by atoms with Crippen LogP contribution in [-0.4, -0.2) is 44.0 Å². The van der Waals surface area contributed by atoms with Gasteiger partial charge in [0.25, 0.3) is 0 Å². The Labute approximate surface area is 130 Å². The predicted octanol–water partition coefficient (Wildman–Crippen LogP) is 1.71. The van der Waals surface area contributed by atoms with Gasteiger partial charge in [-0.05, 0) is 36.5 Å². The van der Waals surface area contributed by atoms with Gasteiger partial charge in [-0.15, -0.1) is 0 Å². The molecule has 1 atom stereocenters. The number of carboxylic acids is 1. The number of hydrogen-bond donors (Lipinski definition) is 1. The highest BCUT2D eigenvalue weighted by Crippen LogP contribution is 2.26. The van der Waals surface area contributed by atoms with Crippen molar-refractivity contribution in [2.75, 3.05) is 20.2 Å². The SMILES string of the molecule is COCc1cccc(S(=O)(=O)N2CCCC(CC(=O)O)C2)c1. The molecule has 122 valence electrons. The topological polar surface area (TPSA) is 83.9 Å². The number of benzene rings is 1. The van der Waals surface area contributed by atoms with Crippen molar-refractivity contribution in [3.05, 3.63) is 29.8 Å². The number of methoxy groups -OCH3 is 1. The quantitative estimate of drug-likeness (QED) is 0.860. The first-order chi connectivity index (χ1) is 10.4. The Hall–Kier alpha value is -1.44. The molecule has 1 saturated heterocycles. The summed E-state index contributed by atoms with van der Waals surface area (Å²) in [7, 11) is -2.03. The highest BCUT2D eigenvalue weighted by atomic mass is 32.2. The summed E-state index contributed by atoms with van der Waals surface area (Å²) in [5, 5.41) is 8.89. The Morgan fingerprint density at radius 1 is 1.45 bits per heavy atom. The van der Waals surface area contributed by atoms with Crippen LogP contribution in [0.15, 0.2) is 29.2 Å². The van der Waals surface area contributed by atoms with E-state index in [0.29, 0.717) is 19.6 Å². The number of aliphatic carboxylic acids is 1. The lowest BCUT2D eigenvalue weighted by atomic mass is 9.96. The van der Waals surface area contributed by atoms with Gasteiger partial charge in [0.15, 0.2) is 0 Å². The molecule has 1 unspecified atom stereocenters. The van der Waals surface area contributed by atoms with Crippen molar-refractivity contribution in [1.82, 2.24) is 4.31 Å². The van der Waals surface area contributed by atoms with Crippen LogP contribution >= 0.6 is 0 Å². The third kappa shape index (κ3) is 4.06. The molecule has 1 aromatic carbocycles. The van der Waals surface area contributed by atoms with E-state index >= 15 is 0 Å². The molecule has 0 bridgehead atoms. The number of hydrogen-bond acceptors (Lipinski definition) is 4. The monoisotopic (exact) mass is 327 g/mol. The molecular formula is C15H21NO5S. The number of carboxylic acid groups (broad SMARTS) is 1. The molecule has 0 aromatic heterocycles. The van der Waals surface area contributed by atoms with Crippen molar-refractivity contribution in [3.8, 4) is 0 Å². The second-order valence-electron chi connectivity index (χ2n) is 5.55. The minimum absolute atomic E-state index is 0.00966. The highest BCUT2D eigenvalue weighted by Gasteiger charge is 2.31. The molecule has 1 heterocycles. The maximum Gasteiger partial charge on any atom is 0.303 e. The number of piperidine rings is 1. The maximum absolute atomic E-state index is 12.7. The fourth-order valence-corrected chi connectivity index (χ4v) is 4.40. The second kappa shape index (κ2) is 7.21. The summed E-state index contributed by atoms with van der Waals surface area (Å²) in [6, 6.07) is 6.68. The van der Waals surface area contributed by atoms with Crippen molar-refractivity contribution >= 4 is 16.0 Å². The third-order valence-electron chi connectivity index (χ3n) is 3.79. The van der Waals surface area contributed by atoms with E-state index in [-0.39, 0.29) is 23.8 Å². The molecule has 1 aliphatic heterocycles. The van der Waals surface area contributed by atoms with Crippen LogP contribution in [0, 0.1) is 5.92 Å². The van der Waals surface area contributed by atoms with E-state index in [1.165, 1.54) is 4.31 Å². The molecule has 0 aliphatic carbocycles. The zero-order valence-corrected chi connectivity index (χ0v) is 13.4. The third-order valence-corrected chi connectivity index (χ3v) is 5.65. The van der Waals surface area contributed by atoms with E-state index in [2.05, 4.69) is 0 Å². The highest BCUT2D eigenvalue weighted by molar-refractivity contribution is 7.89. The molecule has 0 saturated carbocycles. The number of rotatable bonds is 6. The molecule has 0 spiro atoms. The summed E-state index contributed by atoms with van der Waals surface area (Å²) in [5.41, 5.74) is 0.794. The Morgan fingerprint density at radius 3 is 2.91 bits per heavy atom. The van der Waals surface area contributed by atoms with Crippen LogP contribution in [0.4, 0.5) is 0 Å². The van der Waals surface area contributed by atoms with Crippen LogP contribution < -0.4 is 0 Å². The average Bonchev–Trinajstić information content (AvgIpc) is 2.47. The number of carbonyl (C=O) groups is 1. The van der Waals surface area contributed by atoms with Crippen LogP contribution in [0.25, 0.3) is 0 Å². The molecule has 1 aliphatic rings. The molecule has 22 heavy (non-hydrogen) atoms. The van der Waals surface area contributed by atoms with E-state index in [4.69, 9.17) is 9.84 Å². The first-order valence-corrected chi connectivity index (χ1v) is 8.67. The standard InChI is InChI=1S/C15H21NO5S/c1-21-11-13-4-2-6-14(8-13)22(19,20)16-7-3-5-12(10-16)9-15(17)18/h2,4,6,8,12H,3,5,7,9-11H2,1H3,(H,17,18). The lowest BCUT2D eigenvalue weighted by Crippen LogP contribution is -2.40. The minimum Gasteiger partial charge on any atom is -0.481 e. The number of nitrogens with zero attached hydrogens (tertiary/aromatic N) is 1. The van der Waals surface area contributed by atoms with E-state index < -0.39 is 16.0 Å². The van der Waals surface area contributed by atoms with Gasteiger partial charge in [0, 0.05) is 26.6 Å². The largest absolute Gasteiger partial charge is 0.481 e. The predicted molar refractivity (Wildman–Crippen MR) is 80.9 cm³/mol. The maximum atomic E-state index is 12.7. The Balaban J connectivity index is 2.18. The summed E-state index contributed by atoms with van der Waals surface area (Å²) in [5.74, 6) is -1.01. The number of sulfonamides is 1. The molecule has 2 rings (SSSR count). The minimum atomic E-state index is -3.59. The van der Waals surface area contributed by atoms with Gasteiger partial charge in [0.1, 0.15) is 0 Å². The molecule has 6 nitrogen and oxygen atoms in total. The summed E-state index contributed by atoms with van der Waals surface area (Å²) < 4.78 is 31.9. The van der Waals surface area contributed by atoms with Gasteiger partial charge in [0.2, 0.25) is 10.0 Å². The van der Waals surface area contributed by atoms with Gasteiger partial charge >= 0.3 is 5.97 Å². The van der Waals surface area contributed by atoms with E-state index in [1.807, 2.05) is 6.07 Å². The zero-order chi connectivity index (χ0) is 16.2. The van der Waals surface area contributed by atoms with Crippen molar-refractivity contribution in [1.29, 1.82) is 0 Å². The van der Waals surface area contributed by atoms with Gasteiger partial charge in [-0.2, -0.15) is 4.31 Å². The molecule has 1 N–H and O–H groups in total. The fourth-order valence-electron chi connectivity index (χ4n) is 2.77. The summed E-state index contributed by atoms with van der Waals surface area (Å²) in [6.45, 7) is 1.06. The molecule has 1 fully saturated rings. The lowest BCUT2D eigenvalue weighted by molar-refractivity contribution is -0.138. The molecule has 0 radical (unpaired) electrons. The smallest absolute Gasteiger partial charge is 0.303 e. The Morgan fingerprint density at radius 2 is 2.23 bits per heavy atom. The average molecular weight is 327 g/mol. The lowest BCUT2D eigenvalue weighted by Gasteiger charge is -2.31. The first kappa shape index (κ1) is 16.9. The van der Waals surface area contributed by atoms with E-state index in [1.54, 1.807) is 25.3 Å². The normalized spacial score (nSPS) is 20.0.